The molecular weight excluding hydrogens is 316 g/mol. The average Bonchev–Trinajstić information content (AvgIpc) is 2.99. The zero-order chi connectivity index (χ0) is 18.2. The first-order valence-corrected chi connectivity index (χ1v) is 8.70. The number of nitrogens with one attached hydrogen (secondary N) is 2. The molecule has 0 bridgehead atoms. The molecule has 1 heterocycles. The van der Waals surface area contributed by atoms with Crippen LogP contribution in [0.4, 0.5) is 10.6 Å². The fourth-order valence-electron chi connectivity index (χ4n) is 2.55. The van der Waals surface area contributed by atoms with Gasteiger partial charge in [-0.15, -0.1) is 0 Å². The van der Waals surface area contributed by atoms with Crippen LogP contribution in [-0.2, 0) is 13.0 Å². The smallest absolute Gasteiger partial charge is 0.320 e. The lowest BCUT2D eigenvalue weighted by molar-refractivity contribution is 0.248. The highest BCUT2D eigenvalue weighted by Crippen LogP contribution is 2.13. The highest BCUT2D eigenvalue weighted by molar-refractivity contribution is 5.88. The Labute approximate surface area is 149 Å². The molecular formula is C19H28N4O2. The number of carbonyl (C=O) groups is 1. The van der Waals surface area contributed by atoms with Gasteiger partial charge in [0.1, 0.15) is 11.6 Å². The minimum Gasteiger partial charge on any atom is -0.497 e. The lowest BCUT2D eigenvalue weighted by atomic mass is 10.1. The second kappa shape index (κ2) is 9.11. The standard InChI is InChI=1S/C19H28N4O2/c1-14(2)13-23-18(11-12-20-23)22-19(24)21-15(3)5-6-16-7-9-17(25-4)10-8-16/h7-12,14-15H,5-6,13H2,1-4H3,(H2,21,22,24). The lowest BCUT2D eigenvalue weighted by Gasteiger charge is -2.16. The summed E-state index contributed by atoms with van der Waals surface area (Å²) in [5.74, 6) is 2.03. The maximum atomic E-state index is 12.2. The van der Waals surface area contributed by atoms with Gasteiger partial charge in [0.25, 0.3) is 0 Å². The van der Waals surface area contributed by atoms with Crippen molar-refractivity contribution in [3.63, 3.8) is 0 Å². The monoisotopic (exact) mass is 344 g/mol. The first kappa shape index (κ1) is 18.8. The molecule has 136 valence electrons. The van der Waals surface area contributed by atoms with Crippen molar-refractivity contribution in [3.8, 4) is 5.75 Å². The molecule has 2 rings (SSSR count). The number of hydrogen-bond donors (Lipinski definition) is 2. The minimum atomic E-state index is -0.201. The van der Waals surface area contributed by atoms with Crippen LogP contribution in [0.15, 0.2) is 36.5 Å². The molecule has 0 spiro atoms. The van der Waals surface area contributed by atoms with E-state index in [0.29, 0.717) is 11.7 Å². The van der Waals surface area contributed by atoms with E-state index < -0.39 is 0 Å². The molecule has 6 heteroatoms. The van der Waals surface area contributed by atoms with E-state index in [9.17, 15) is 4.79 Å². The van der Waals surface area contributed by atoms with Crippen LogP contribution >= 0.6 is 0 Å². The predicted molar refractivity (Wildman–Crippen MR) is 100.0 cm³/mol. The quantitative estimate of drug-likeness (QED) is 0.767. The Morgan fingerprint density at radius 3 is 2.56 bits per heavy atom. The lowest BCUT2D eigenvalue weighted by Crippen LogP contribution is -2.37. The largest absolute Gasteiger partial charge is 0.497 e. The van der Waals surface area contributed by atoms with Crippen molar-refractivity contribution in [2.45, 2.75) is 46.2 Å². The Bertz CT molecular complexity index is 664. The summed E-state index contributed by atoms with van der Waals surface area (Å²) in [7, 11) is 1.66. The first-order chi connectivity index (χ1) is 12.0. The van der Waals surface area contributed by atoms with Gasteiger partial charge in [0.15, 0.2) is 0 Å². The van der Waals surface area contributed by atoms with Crippen LogP contribution in [-0.4, -0.2) is 29.0 Å². The van der Waals surface area contributed by atoms with Gasteiger partial charge in [-0.3, -0.25) is 5.32 Å². The Morgan fingerprint density at radius 2 is 1.92 bits per heavy atom. The summed E-state index contributed by atoms with van der Waals surface area (Å²) in [5.41, 5.74) is 1.23. The molecule has 0 aliphatic heterocycles. The number of anilines is 1. The molecule has 1 aromatic carbocycles. The van der Waals surface area contributed by atoms with Gasteiger partial charge < -0.3 is 10.1 Å². The summed E-state index contributed by atoms with van der Waals surface area (Å²) < 4.78 is 6.97. The summed E-state index contributed by atoms with van der Waals surface area (Å²) in [5, 5.41) is 10.1. The molecule has 0 aliphatic carbocycles. The molecule has 0 fully saturated rings. The Hall–Kier alpha value is -2.50. The van der Waals surface area contributed by atoms with E-state index in [1.807, 2.05) is 29.8 Å². The fraction of sp³-hybridized carbons (Fsp3) is 0.474. The molecule has 25 heavy (non-hydrogen) atoms. The molecule has 1 atom stereocenters. The summed E-state index contributed by atoms with van der Waals surface area (Å²) in [6.07, 6.45) is 3.47. The highest BCUT2D eigenvalue weighted by atomic mass is 16.5. The number of methoxy groups -OCH3 is 1. The van der Waals surface area contributed by atoms with E-state index in [0.717, 1.165) is 25.1 Å². The second-order valence-corrected chi connectivity index (χ2v) is 6.68. The molecule has 6 nitrogen and oxygen atoms in total. The third-order valence-electron chi connectivity index (χ3n) is 3.90. The summed E-state index contributed by atoms with van der Waals surface area (Å²) >= 11 is 0. The third kappa shape index (κ3) is 6.14. The van der Waals surface area contributed by atoms with Gasteiger partial charge in [0, 0.05) is 18.7 Å². The number of urea groups is 1. The van der Waals surface area contributed by atoms with Gasteiger partial charge in [-0.1, -0.05) is 26.0 Å². The van der Waals surface area contributed by atoms with E-state index in [1.165, 1.54) is 5.56 Å². The van der Waals surface area contributed by atoms with E-state index in [1.54, 1.807) is 13.3 Å². The maximum Gasteiger partial charge on any atom is 0.320 e. The molecule has 2 aromatic rings. The average molecular weight is 344 g/mol. The molecule has 0 radical (unpaired) electrons. The van der Waals surface area contributed by atoms with Crippen molar-refractivity contribution in [1.29, 1.82) is 0 Å². The van der Waals surface area contributed by atoms with Gasteiger partial charge in [-0.25, -0.2) is 9.48 Å². The van der Waals surface area contributed by atoms with Crippen LogP contribution in [0, 0.1) is 5.92 Å². The second-order valence-electron chi connectivity index (χ2n) is 6.68. The van der Waals surface area contributed by atoms with Crippen LogP contribution in [0.2, 0.25) is 0 Å². The molecule has 1 unspecified atom stereocenters. The van der Waals surface area contributed by atoms with Crippen molar-refractivity contribution < 1.29 is 9.53 Å². The van der Waals surface area contributed by atoms with Crippen LogP contribution in [0.25, 0.3) is 0 Å². The van der Waals surface area contributed by atoms with Gasteiger partial charge in [-0.2, -0.15) is 5.10 Å². The zero-order valence-corrected chi connectivity index (χ0v) is 15.5. The van der Waals surface area contributed by atoms with Gasteiger partial charge in [-0.05, 0) is 43.4 Å². The van der Waals surface area contributed by atoms with Crippen LogP contribution in [0.5, 0.6) is 5.75 Å². The van der Waals surface area contributed by atoms with E-state index in [-0.39, 0.29) is 12.1 Å². The third-order valence-corrected chi connectivity index (χ3v) is 3.90. The van der Waals surface area contributed by atoms with Crippen LogP contribution in [0.1, 0.15) is 32.8 Å². The Balaban J connectivity index is 1.78. The number of rotatable bonds is 8. The maximum absolute atomic E-state index is 12.2. The molecule has 0 aliphatic rings. The number of ether oxygens (including phenoxy) is 1. The topological polar surface area (TPSA) is 68.2 Å². The number of amides is 2. The number of benzene rings is 1. The number of aryl methyl sites for hydroxylation is 1. The van der Waals surface area contributed by atoms with E-state index >= 15 is 0 Å². The Kier molecular flexibility index (Phi) is 6.86. The minimum absolute atomic E-state index is 0.0728. The first-order valence-electron chi connectivity index (χ1n) is 8.70. The van der Waals surface area contributed by atoms with Crippen LogP contribution < -0.4 is 15.4 Å². The molecule has 2 amide bonds. The van der Waals surface area contributed by atoms with Crippen molar-refractivity contribution in [3.05, 3.63) is 42.1 Å². The van der Waals surface area contributed by atoms with E-state index in [2.05, 4.69) is 41.7 Å². The van der Waals surface area contributed by atoms with Gasteiger partial charge in [0.2, 0.25) is 0 Å². The molecule has 0 saturated heterocycles. The summed E-state index contributed by atoms with van der Waals surface area (Å²) in [6, 6.07) is 9.69. The molecule has 1 aromatic heterocycles. The normalized spacial score (nSPS) is 12.0. The number of nitrogens with zero attached hydrogens (tertiary/aromatic N) is 2. The number of aromatic nitrogens is 2. The Morgan fingerprint density at radius 1 is 1.20 bits per heavy atom. The van der Waals surface area contributed by atoms with Crippen molar-refractivity contribution in [2.24, 2.45) is 5.92 Å². The SMILES string of the molecule is COc1ccc(CCC(C)NC(=O)Nc2ccnn2CC(C)C)cc1. The summed E-state index contributed by atoms with van der Waals surface area (Å²) in [6.45, 7) is 7.02. The highest BCUT2D eigenvalue weighted by Gasteiger charge is 2.11. The van der Waals surface area contributed by atoms with Crippen molar-refractivity contribution >= 4 is 11.8 Å². The van der Waals surface area contributed by atoms with Gasteiger partial charge in [0.05, 0.1) is 13.3 Å². The summed E-state index contributed by atoms with van der Waals surface area (Å²) in [4.78, 5) is 12.2. The zero-order valence-electron chi connectivity index (χ0n) is 15.5. The predicted octanol–water partition coefficient (Wildman–Crippen LogP) is 3.69. The number of carbonyl (C=O) groups excluding carboxylic acids is 1. The molecule has 0 saturated carbocycles. The van der Waals surface area contributed by atoms with Gasteiger partial charge >= 0.3 is 6.03 Å². The van der Waals surface area contributed by atoms with E-state index in [4.69, 9.17) is 4.74 Å². The fourth-order valence-corrected chi connectivity index (χ4v) is 2.55. The van der Waals surface area contributed by atoms with Crippen LogP contribution in [0.3, 0.4) is 0 Å². The van der Waals surface area contributed by atoms with Crippen molar-refractivity contribution in [2.75, 3.05) is 12.4 Å². The number of hydrogen-bond acceptors (Lipinski definition) is 3. The molecule has 2 N–H and O–H groups in total. The van der Waals surface area contributed by atoms with Crippen molar-refractivity contribution in [1.82, 2.24) is 15.1 Å².